The van der Waals surface area contributed by atoms with Gasteiger partial charge in [0.25, 0.3) is 0 Å². The lowest BCUT2D eigenvalue weighted by Gasteiger charge is -2.14. The predicted octanol–water partition coefficient (Wildman–Crippen LogP) is 4.43. The van der Waals surface area contributed by atoms with E-state index in [1.54, 1.807) is 0 Å². The maximum atomic E-state index is 11.1. The number of aromatic carboxylic acids is 1. The Labute approximate surface area is 137 Å². The number of benzene rings is 2. The maximum Gasteiger partial charge on any atom is 0.335 e. The molecule has 0 aliphatic heterocycles. The van der Waals surface area contributed by atoms with Gasteiger partial charge < -0.3 is 14.6 Å². The molecule has 4 nitrogen and oxygen atoms in total. The van der Waals surface area contributed by atoms with Crippen LogP contribution in [0.1, 0.15) is 28.4 Å². The molecule has 0 saturated carbocycles. The highest BCUT2D eigenvalue weighted by atomic mass is 79.9. The molecule has 2 rings (SSSR count). The Morgan fingerprint density at radius 2 is 1.86 bits per heavy atom. The standard InChI is InChI=1S/C17H17BrO4/c1-3-21-15-9-13(17(19)20)8-14(18)16(15)22-10-12-6-4-11(2)5-7-12/h4-9H,3,10H2,1-2H3,(H,19,20). The smallest absolute Gasteiger partial charge is 0.335 e. The number of carboxylic acid groups (broad SMARTS) is 1. The lowest BCUT2D eigenvalue weighted by Crippen LogP contribution is -2.03. The molecule has 0 spiro atoms. The normalized spacial score (nSPS) is 10.3. The van der Waals surface area contributed by atoms with Gasteiger partial charge in [-0.2, -0.15) is 0 Å². The average molecular weight is 365 g/mol. The molecule has 116 valence electrons. The van der Waals surface area contributed by atoms with E-state index >= 15 is 0 Å². The molecule has 0 radical (unpaired) electrons. The number of halogens is 1. The monoisotopic (exact) mass is 364 g/mol. The summed E-state index contributed by atoms with van der Waals surface area (Å²) in [5, 5.41) is 9.11. The van der Waals surface area contributed by atoms with Crippen molar-refractivity contribution in [3.05, 3.63) is 57.6 Å². The predicted molar refractivity (Wildman–Crippen MR) is 87.8 cm³/mol. The maximum absolute atomic E-state index is 11.1. The van der Waals surface area contributed by atoms with Gasteiger partial charge in [0.2, 0.25) is 0 Å². The Hall–Kier alpha value is -2.01. The average Bonchev–Trinajstić information content (AvgIpc) is 2.48. The quantitative estimate of drug-likeness (QED) is 0.823. The van der Waals surface area contributed by atoms with E-state index in [9.17, 15) is 4.79 Å². The van der Waals surface area contributed by atoms with Crippen molar-refractivity contribution >= 4 is 21.9 Å². The van der Waals surface area contributed by atoms with E-state index in [4.69, 9.17) is 14.6 Å². The number of aryl methyl sites for hydroxylation is 1. The van der Waals surface area contributed by atoms with Crippen molar-refractivity contribution < 1.29 is 19.4 Å². The van der Waals surface area contributed by atoms with Crippen molar-refractivity contribution in [1.29, 1.82) is 0 Å². The number of ether oxygens (including phenoxy) is 2. The van der Waals surface area contributed by atoms with Crippen LogP contribution in [0.15, 0.2) is 40.9 Å². The highest BCUT2D eigenvalue weighted by molar-refractivity contribution is 9.10. The molecule has 2 aromatic rings. The van der Waals surface area contributed by atoms with Crippen LogP contribution >= 0.6 is 15.9 Å². The largest absolute Gasteiger partial charge is 0.490 e. The number of carbonyl (C=O) groups is 1. The van der Waals surface area contributed by atoms with Crippen LogP contribution in [0, 0.1) is 6.92 Å². The van der Waals surface area contributed by atoms with E-state index in [1.807, 2.05) is 38.1 Å². The Bertz CT molecular complexity index is 665. The first-order valence-corrected chi connectivity index (χ1v) is 7.68. The van der Waals surface area contributed by atoms with E-state index in [1.165, 1.54) is 17.7 Å². The molecule has 0 amide bonds. The van der Waals surface area contributed by atoms with E-state index in [2.05, 4.69) is 15.9 Å². The van der Waals surface area contributed by atoms with Crippen molar-refractivity contribution in [3.63, 3.8) is 0 Å². The molecule has 0 aliphatic carbocycles. The van der Waals surface area contributed by atoms with Crippen LogP contribution in [0.25, 0.3) is 0 Å². The molecular formula is C17H17BrO4. The summed E-state index contributed by atoms with van der Waals surface area (Å²) in [7, 11) is 0. The molecule has 0 saturated heterocycles. The second kappa shape index (κ2) is 7.31. The minimum Gasteiger partial charge on any atom is -0.490 e. The molecule has 2 aromatic carbocycles. The molecule has 0 aromatic heterocycles. The summed E-state index contributed by atoms with van der Waals surface area (Å²) in [6, 6.07) is 11.0. The molecule has 0 aliphatic rings. The van der Waals surface area contributed by atoms with Gasteiger partial charge in [-0.05, 0) is 47.5 Å². The highest BCUT2D eigenvalue weighted by Crippen LogP contribution is 2.37. The van der Waals surface area contributed by atoms with Gasteiger partial charge in [0.15, 0.2) is 11.5 Å². The Morgan fingerprint density at radius 1 is 1.18 bits per heavy atom. The SMILES string of the molecule is CCOc1cc(C(=O)O)cc(Br)c1OCc1ccc(C)cc1. The third-order valence-corrected chi connectivity index (χ3v) is 3.65. The van der Waals surface area contributed by atoms with Gasteiger partial charge in [-0.25, -0.2) is 4.79 Å². The minimum absolute atomic E-state index is 0.151. The van der Waals surface area contributed by atoms with Crippen molar-refractivity contribution in [2.24, 2.45) is 0 Å². The van der Waals surface area contributed by atoms with Crippen LogP contribution in [0.3, 0.4) is 0 Å². The summed E-state index contributed by atoms with van der Waals surface area (Å²) in [6.07, 6.45) is 0. The van der Waals surface area contributed by atoms with E-state index in [0.717, 1.165) is 5.56 Å². The van der Waals surface area contributed by atoms with Crippen LogP contribution in [0.2, 0.25) is 0 Å². The van der Waals surface area contributed by atoms with Gasteiger partial charge in [0.1, 0.15) is 6.61 Å². The molecule has 0 bridgehead atoms. The van der Waals surface area contributed by atoms with Crippen LogP contribution in [-0.2, 0) is 6.61 Å². The molecular weight excluding hydrogens is 348 g/mol. The summed E-state index contributed by atoms with van der Waals surface area (Å²) in [6.45, 7) is 4.67. The van der Waals surface area contributed by atoms with Crippen LogP contribution in [0.5, 0.6) is 11.5 Å². The Morgan fingerprint density at radius 3 is 2.45 bits per heavy atom. The molecule has 22 heavy (non-hydrogen) atoms. The first-order chi connectivity index (χ1) is 10.5. The van der Waals surface area contributed by atoms with Gasteiger partial charge in [0, 0.05) is 0 Å². The van der Waals surface area contributed by atoms with Crippen LogP contribution in [0.4, 0.5) is 0 Å². The summed E-state index contributed by atoms with van der Waals surface area (Å²) in [5.74, 6) is -0.0828. The molecule has 5 heteroatoms. The lowest BCUT2D eigenvalue weighted by atomic mass is 10.1. The second-order valence-electron chi connectivity index (χ2n) is 4.80. The topological polar surface area (TPSA) is 55.8 Å². The molecule has 0 unspecified atom stereocenters. The van der Waals surface area contributed by atoms with Crippen LogP contribution < -0.4 is 9.47 Å². The van der Waals surface area contributed by atoms with Crippen molar-refractivity contribution in [2.75, 3.05) is 6.61 Å². The van der Waals surface area contributed by atoms with Gasteiger partial charge in [0.05, 0.1) is 16.6 Å². The van der Waals surface area contributed by atoms with E-state index in [-0.39, 0.29) is 5.56 Å². The number of hydrogen-bond donors (Lipinski definition) is 1. The van der Waals surface area contributed by atoms with Gasteiger partial charge >= 0.3 is 5.97 Å². The summed E-state index contributed by atoms with van der Waals surface area (Å²) >= 11 is 3.35. The first-order valence-electron chi connectivity index (χ1n) is 6.89. The highest BCUT2D eigenvalue weighted by Gasteiger charge is 2.15. The lowest BCUT2D eigenvalue weighted by molar-refractivity contribution is 0.0696. The summed E-state index contributed by atoms with van der Waals surface area (Å²) in [4.78, 5) is 11.1. The van der Waals surface area contributed by atoms with Gasteiger partial charge in [-0.1, -0.05) is 29.8 Å². The van der Waals surface area contributed by atoms with Crippen molar-refractivity contribution in [1.82, 2.24) is 0 Å². The first kappa shape index (κ1) is 16.4. The zero-order valence-electron chi connectivity index (χ0n) is 12.4. The van der Waals surface area contributed by atoms with E-state index < -0.39 is 5.97 Å². The zero-order chi connectivity index (χ0) is 16.1. The van der Waals surface area contributed by atoms with Crippen molar-refractivity contribution in [2.45, 2.75) is 20.5 Å². The van der Waals surface area contributed by atoms with Gasteiger partial charge in [-0.3, -0.25) is 0 Å². The third kappa shape index (κ3) is 4.01. The summed E-state index contributed by atoms with van der Waals surface area (Å²) < 4.78 is 11.9. The molecule has 0 atom stereocenters. The number of carboxylic acids is 1. The fraction of sp³-hybridized carbons (Fsp3) is 0.235. The number of hydrogen-bond acceptors (Lipinski definition) is 3. The van der Waals surface area contributed by atoms with Crippen molar-refractivity contribution in [3.8, 4) is 11.5 Å². The fourth-order valence-corrected chi connectivity index (χ4v) is 2.49. The third-order valence-electron chi connectivity index (χ3n) is 3.06. The Kier molecular flexibility index (Phi) is 5.44. The Balaban J connectivity index is 2.25. The summed E-state index contributed by atoms with van der Waals surface area (Å²) in [5.41, 5.74) is 2.37. The molecule has 1 N–H and O–H groups in total. The van der Waals surface area contributed by atoms with E-state index in [0.29, 0.717) is 29.2 Å². The molecule has 0 fully saturated rings. The number of rotatable bonds is 6. The molecule has 0 heterocycles. The second-order valence-corrected chi connectivity index (χ2v) is 5.65. The van der Waals surface area contributed by atoms with Crippen LogP contribution in [-0.4, -0.2) is 17.7 Å². The fourth-order valence-electron chi connectivity index (χ4n) is 1.93. The minimum atomic E-state index is -1.01. The van der Waals surface area contributed by atoms with Gasteiger partial charge in [-0.15, -0.1) is 0 Å². The zero-order valence-corrected chi connectivity index (χ0v) is 14.0.